The molecule has 1 rings (SSSR count). The topological polar surface area (TPSA) is 17.1 Å². The van der Waals surface area contributed by atoms with Crippen molar-refractivity contribution in [1.82, 2.24) is 0 Å². The number of hydrogen-bond acceptors (Lipinski definition) is 1. The van der Waals surface area contributed by atoms with Crippen LogP contribution in [0.1, 0.15) is 32.6 Å². The summed E-state index contributed by atoms with van der Waals surface area (Å²) >= 11 is 0. The molecule has 1 saturated carbocycles. The molecule has 0 amide bonds. The van der Waals surface area contributed by atoms with E-state index in [4.69, 9.17) is 0 Å². The van der Waals surface area contributed by atoms with E-state index in [1.54, 1.807) is 0 Å². The van der Waals surface area contributed by atoms with Crippen LogP contribution in [0, 0.1) is 11.8 Å². The Bertz CT molecular complexity index is 98.7. The van der Waals surface area contributed by atoms with Crippen molar-refractivity contribution in [2.24, 2.45) is 11.8 Å². The minimum atomic E-state index is 0.383. The summed E-state index contributed by atoms with van der Waals surface area (Å²) in [4.78, 5) is 10.3. The Morgan fingerprint density at radius 1 is 1.44 bits per heavy atom. The third kappa shape index (κ3) is 1.81. The molecule has 0 aliphatic heterocycles. The quantitative estimate of drug-likeness (QED) is 0.491. The summed E-state index contributed by atoms with van der Waals surface area (Å²) in [5.74, 6) is 1.17. The van der Waals surface area contributed by atoms with Gasteiger partial charge < -0.3 is 4.79 Å². The van der Waals surface area contributed by atoms with Crippen LogP contribution in [0.4, 0.5) is 0 Å². The second-order valence-electron chi connectivity index (χ2n) is 3.17. The lowest BCUT2D eigenvalue weighted by molar-refractivity contribution is -0.112. The molecule has 1 aliphatic carbocycles. The molecule has 0 aromatic rings. The molecule has 0 aromatic carbocycles. The van der Waals surface area contributed by atoms with Gasteiger partial charge in [0.15, 0.2) is 0 Å². The number of rotatable bonds is 1. The van der Waals surface area contributed by atoms with Crippen LogP contribution in [-0.2, 0) is 4.79 Å². The van der Waals surface area contributed by atoms with E-state index in [-0.39, 0.29) is 0 Å². The SMILES string of the molecule is CC1CCC[C@@H](C=O)C1. The van der Waals surface area contributed by atoms with Gasteiger partial charge >= 0.3 is 0 Å². The number of aldehydes is 1. The van der Waals surface area contributed by atoms with Gasteiger partial charge in [-0.1, -0.05) is 19.8 Å². The minimum absolute atomic E-state index is 0.383. The fraction of sp³-hybridized carbons (Fsp3) is 0.875. The highest BCUT2D eigenvalue weighted by Crippen LogP contribution is 2.26. The first-order valence-electron chi connectivity index (χ1n) is 3.78. The van der Waals surface area contributed by atoms with E-state index in [2.05, 4.69) is 6.92 Å². The minimum Gasteiger partial charge on any atom is -0.303 e. The predicted molar refractivity (Wildman–Crippen MR) is 37.2 cm³/mol. The van der Waals surface area contributed by atoms with Gasteiger partial charge in [0.1, 0.15) is 6.29 Å². The summed E-state index contributed by atoms with van der Waals surface area (Å²) in [5, 5.41) is 0. The van der Waals surface area contributed by atoms with E-state index in [1.807, 2.05) is 0 Å². The first kappa shape index (κ1) is 6.79. The van der Waals surface area contributed by atoms with Gasteiger partial charge in [0.25, 0.3) is 0 Å². The molecule has 1 aliphatic rings. The highest BCUT2D eigenvalue weighted by Gasteiger charge is 2.17. The summed E-state index contributed by atoms with van der Waals surface area (Å²) < 4.78 is 0. The smallest absolute Gasteiger partial charge is 0.123 e. The molecule has 2 atom stereocenters. The Labute approximate surface area is 56.4 Å². The number of carbonyl (C=O) groups is 1. The maximum absolute atomic E-state index is 10.3. The standard InChI is InChI=1S/C8H14O/c1-7-3-2-4-8(5-7)6-9/h6-8H,2-5H2,1H3/t7?,8-/m1/s1. The molecule has 0 N–H and O–H groups in total. The molecule has 0 radical (unpaired) electrons. The van der Waals surface area contributed by atoms with Gasteiger partial charge in [-0.3, -0.25) is 0 Å². The second kappa shape index (κ2) is 3.00. The van der Waals surface area contributed by atoms with Crippen LogP contribution in [0.5, 0.6) is 0 Å². The van der Waals surface area contributed by atoms with E-state index < -0.39 is 0 Å². The number of hydrogen-bond donors (Lipinski definition) is 0. The first-order valence-corrected chi connectivity index (χ1v) is 3.78. The van der Waals surface area contributed by atoms with E-state index >= 15 is 0 Å². The second-order valence-corrected chi connectivity index (χ2v) is 3.17. The monoisotopic (exact) mass is 126 g/mol. The summed E-state index contributed by atoms with van der Waals surface area (Å²) in [6, 6.07) is 0. The van der Waals surface area contributed by atoms with Crippen molar-refractivity contribution < 1.29 is 4.79 Å². The fourth-order valence-electron chi connectivity index (χ4n) is 1.60. The third-order valence-corrected chi connectivity index (χ3v) is 2.17. The van der Waals surface area contributed by atoms with Crippen LogP contribution < -0.4 is 0 Å². The third-order valence-electron chi connectivity index (χ3n) is 2.17. The summed E-state index contributed by atoms with van der Waals surface area (Å²) in [6.07, 6.45) is 5.96. The van der Waals surface area contributed by atoms with Gasteiger partial charge in [0.05, 0.1) is 0 Å². The molecule has 0 saturated heterocycles. The lowest BCUT2D eigenvalue weighted by Gasteiger charge is -2.21. The van der Waals surface area contributed by atoms with Crippen molar-refractivity contribution in [3.63, 3.8) is 0 Å². The average Bonchev–Trinajstić information content (AvgIpc) is 1.88. The Balaban J connectivity index is 2.31. The van der Waals surface area contributed by atoms with Crippen LogP contribution in [0.15, 0.2) is 0 Å². The number of carbonyl (C=O) groups excluding carboxylic acids is 1. The van der Waals surface area contributed by atoms with Crippen molar-refractivity contribution in [2.75, 3.05) is 0 Å². The molecule has 1 unspecified atom stereocenters. The van der Waals surface area contributed by atoms with E-state index in [9.17, 15) is 4.79 Å². The van der Waals surface area contributed by atoms with Gasteiger partial charge in [-0.25, -0.2) is 0 Å². The summed E-state index contributed by atoms with van der Waals surface area (Å²) in [7, 11) is 0. The van der Waals surface area contributed by atoms with Crippen molar-refractivity contribution in [3.8, 4) is 0 Å². The Morgan fingerprint density at radius 2 is 2.22 bits per heavy atom. The Kier molecular flexibility index (Phi) is 2.26. The van der Waals surface area contributed by atoms with Gasteiger partial charge in [0.2, 0.25) is 0 Å². The molecule has 1 nitrogen and oxygen atoms in total. The van der Waals surface area contributed by atoms with Crippen LogP contribution in [0.2, 0.25) is 0 Å². The fourth-order valence-corrected chi connectivity index (χ4v) is 1.60. The maximum Gasteiger partial charge on any atom is 0.123 e. The lowest BCUT2D eigenvalue weighted by Crippen LogP contribution is -2.13. The molecule has 0 heterocycles. The molecular formula is C8H14O. The normalized spacial score (nSPS) is 36.1. The van der Waals surface area contributed by atoms with Crippen molar-refractivity contribution in [3.05, 3.63) is 0 Å². The lowest BCUT2D eigenvalue weighted by atomic mass is 9.83. The molecule has 52 valence electrons. The van der Waals surface area contributed by atoms with E-state index in [0.29, 0.717) is 5.92 Å². The molecule has 0 spiro atoms. The van der Waals surface area contributed by atoms with Gasteiger partial charge in [0, 0.05) is 5.92 Å². The maximum atomic E-state index is 10.3. The van der Waals surface area contributed by atoms with Gasteiger partial charge in [-0.05, 0) is 18.8 Å². The van der Waals surface area contributed by atoms with Crippen LogP contribution >= 0.6 is 0 Å². The first-order chi connectivity index (χ1) is 4.33. The molecule has 1 heteroatoms. The van der Waals surface area contributed by atoms with Crippen LogP contribution in [0.25, 0.3) is 0 Å². The zero-order chi connectivity index (χ0) is 6.69. The van der Waals surface area contributed by atoms with Crippen molar-refractivity contribution in [1.29, 1.82) is 0 Å². The van der Waals surface area contributed by atoms with E-state index in [0.717, 1.165) is 25.0 Å². The van der Waals surface area contributed by atoms with Crippen LogP contribution in [-0.4, -0.2) is 6.29 Å². The molecular weight excluding hydrogens is 112 g/mol. The molecule has 0 aromatic heterocycles. The van der Waals surface area contributed by atoms with Crippen molar-refractivity contribution in [2.45, 2.75) is 32.6 Å². The van der Waals surface area contributed by atoms with Gasteiger partial charge in [-0.2, -0.15) is 0 Å². The summed E-state index contributed by atoms with van der Waals surface area (Å²) in [6.45, 7) is 2.23. The molecule has 0 bridgehead atoms. The highest BCUT2D eigenvalue weighted by molar-refractivity contribution is 5.53. The Morgan fingerprint density at radius 3 is 2.67 bits per heavy atom. The highest BCUT2D eigenvalue weighted by atomic mass is 16.1. The molecule has 9 heavy (non-hydrogen) atoms. The van der Waals surface area contributed by atoms with Crippen molar-refractivity contribution >= 4 is 6.29 Å². The average molecular weight is 126 g/mol. The Hall–Kier alpha value is -0.330. The zero-order valence-corrected chi connectivity index (χ0v) is 5.97. The predicted octanol–water partition coefficient (Wildman–Crippen LogP) is 2.01. The summed E-state index contributed by atoms with van der Waals surface area (Å²) in [5.41, 5.74) is 0. The van der Waals surface area contributed by atoms with Crippen LogP contribution in [0.3, 0.4) is 0 Å². The van der Waals surface area contributed by atoms with Gasteiger partial charge in [-0.15, -0.1) is 0 Å². The molecule has 1 fully saturated rings. The zero-order valence-electron chi connectivity index (χ0n) is 5.97. The largest absolute Gasteiger partial charge is 0.303 e. The van der Waals surface area contributed by atoms with E-state index in [1.165, 1.54) is 12.8 Å².